The molecule has 0 spiro atoms. The minimum absolute atomic E-state index is 0.361. The number of hydrogen-bond acceptors (Lipinski definition) is 4. The van der Waals surface area contributed by atoms with Gasteiger partial charge < -0.3 is 4.90 Å². The van der Waals surface area contributed by atoms with Gasteiger partial charge in [0, 0.05) is 19.1 Å². The van der Waals surface area contributed by atoms with Gasteiger partial charge in [0.15, 0.2) is 0 Å². The first-order chi connectivity index (χ1) is 9.17. The van der Waals surface area contributed by atoms with Crippen molar-refractivity contribution in [3.8, 4) is 6.07 Å². The quantitative estimate of drug-likeness (QED) is 0.788. The summed E-state index contributed by atoms with van der Waals surface area (Å²) in [5.41, 5.74) is -0.361. The molecular formula is C15H28N4. The van der Waals surface area contributed by atoms with E-state index in [4.69, 9.17) is 0 Å². The lowest BCUT2D eigenvalue weighted by Crippen LogP contribution is -2.44. The Morgan fingerprint density at radius 1 is 1.32 bits per heavy atom. The molecule has 0 bridgehead atoms. The predicted octanol–water partition coefficient (Wildman–Crippen LogP) is 1.44. The fourth-order valence-corrected chi connectivity index (χ4v) is 3.38. The maximum Gasteiger partial charge on any atom is 0.105 e. The van der Waals surface area contributed by atoms with E-state index in [9.17, 15) is 5.26 Å². The largest absolute Gasteiger partial charge is 0.302 e. The summed E-state index contributed by atoms with van der Waals surface area (Å²) in [6, 6.07) is 3.19. The molecule has 2 fully saturated rings. The molecule has 0 aromatic carbocycles. The van der Waals surface area contributed by atoms with Crippen LogP contribution in [0, 0.1) is 11.3 Å². The highest BCUT2D eigenvalue weighted by atomic mass is 15.3. The molecule has 2 atom stereocenters. The van der Waals surface area contributed by atoms with Gasteiger partial charge in [-0.2, -0.15) is 5.26 Å². The predicted molar refractivity (Wildman–Crippen MR) is 78.0 cm³/mol. The van der Waals surface area contributed by atoms with Gasteiger partial charge in [0.25, 0.3) is 0 Å². The van der Waals surface area contributed by atoms with Gasteiger partial charge in [0.1, 0.15) is 5.54 Å². The van der Waals surface area contributed by atoms with Crippen LogP contribution in [0.15, 0.2) is 0 Å². The maximum atomic E-state index is 9.28. The van der Waals surface area contributed by atoms with Crippen LogP contribution in [0.25, 0.3) is 0 Å². The van der Waals surface area contributed by atoms with Crippen molar-refractivity contribution in [2.24, 2.45) is 0 Å². The number of rotatable bonds is 6. The Hall–Kier alpha value is -0.630. The Balaban J connectivity index is 1.74. The Morgan fingerprint density at radius 3 is 2.68 bits per heavy atom. The summed E-state index contributed by atoms with van der Waals surface area (Å²) in [6.45, 7) is 11.0. The lowest BCUT2D eigenvalue weighted by atomic mass is 9.99. The van der Waals surface area contributed by atoms with Gasteiger partial charge in [-0.3, -0.25) is 10.2 Å². The highest BCUT2D eigenvalue weighted by Crippen LogP contribution is 2.21. The van der Waals surface area contributed by atoms with Crippen LogP contribution in [-0.4, -0.2) is 60.6 Å². The van der Waals surface area contributed by atoms with E-state index in [0.717, 1.165) is 25.6 Å². The van der Waals surface area contributed by atoms with E-state index in [2.05, 4.69) is 28.1 Å². The van der Waals surface area contributed by atoms with Crippen molar-refractivity contribution < 1.29 is 0 Å². The third-order valence-corrected chi connectivity index (χ3v) is 4.65. The summed E-state index contributed by atoms with van der Waals surface area (Å²) >= 11 is 0. The van der Waals surface area contributed by atoms with Crippen molar-refractivity contribution >= 4 is 0 Å². The molecule has 0 aromatic heterocycles. The third kappa shape index (κ3) is 3.92. The number of nitriles is 1. The van der Waals surface area contributed by atoms with E-state index in [1.807, 2.05) is 6.92 Å². The lowest BCUT2D eigenvalue weighted by Gasteiger charge is -2.27. The SMILES string of the molecule is CCNC(C)(C#N)CCN1CCC(N2CCCC2)C1. The Bertz CT molecular complexity index is 319. The van der Waals surface area contributed by atoms with E-state index in [1.54, 1.807) is 0 Å². The van der Waals surface area contributed by atoms with Crippen LogP contribution in [0.5, 0.6) is 0 Å². The van der Waals surface area contributed by atoms with Crippen LogP contribution < -0.4 is 5.32 Å². The Morgan fingerprint density at radius 2 is 2.05 bits per heavy atom. The van der Waals surface area contributed by atoms with Crippen molar-refractivity contribution in [1.29, 1.82) is 5.26 Å². The van der Waals surface area contributed by atoms with Gasteiger partial charge in [0.2, 0.25) is 0 Å². The maximum absolute atomic E-state index is 9.28. The molecular weight excluding hydrogens is 236 g/mol. The van der Waals surface area contributed by atoms with Crippen LogP contribution in [0.4, 0.5) is 0 Å². The average molecular weight is 264 g/mol. The van der Waals surface area contributed by atoms with Gasteiger partial charge in [-0.1, -0.05) is 6.92 Å². The zero-order valence-electron chi connectivity index (χ0n) is 12.5. The third-order valence-electron chi connectivity index (χ3n) is 4.65. The molecule has 0 saturated carbocycles. The molecule has 0 radical (unpaired) electrons. The minimum Gasteiger partial charge on any atom is -0.302 e. The molecule has 2 aliphatic heterocycles. The topological polar surface area (TPSA) is 42.3 Å². The van der Waals surface area contributed by atoms with E-state index < -0.39 is 0 Å². The second kappa shape index (κ2) is 6.69. The number of nitrogens with one attached hydrogen (secondary N) is 1. The van der Waals surface area contributed by atoms with Crippen molar-refractivity contribution in [2.75, 3.05) is 39.3 Å². The zero-order valence-corrected chi connectivity index (χ0v) is 12.5. The van der Waals surface area contributed by atoms with Gasteiger partial charge in [0.05, 0.1) is 6.07 Å². The van der Waals surface area contributed by atoms with E-state index in [-0.39, 0.29) is 5.54 Å². The van der Waals surface area contributed by atoms with Gasteiger partial charge in [-0.05, 0) is 58.8 Å². The summed E-state index contributed by atoms with van der Waals surface area (Å²) in [7, 11) is 0. The highest BCUT2D eigenvalue weighted by Gasteiger charge is 2.30. The van der Waals surface area contributed by atoms with E-state index in [1.165, 1.54) is 45.4 Å². The molecule has 1 N–H and O–H groups in total. The smallest absolute Gasteiger partial charge is 0.105 e. The van der Waals surface area contributed by atoms with Crippen molar-refractivity contribution in [3.63, 3.8) is 0 Å². The first kappa shape index (κ1) is 14.8. The van der Waals surface area contributed by atoms with Crippen LogP contribution in [0.1, 0.15) is 39.5 Å². The second-order valence-electron chi connectivity index (χ2n) is 6.21. The standard InChI is InChI=1S/C15H28N4/c1-3-17-15(2,13-16)7-11-18-10-6-14(12-18)19-8-4-5-9-19/h14,17H,3-12H2,1-2H3. The molecule has 2 saturated heterocycles. The van der Waals surface area contributed by atoms with Crippen LogP contribution >= 0.6 is 0 Å². The van der Waals surface area contributed by atoms with Crippen LogP contribution in [0.3, 0.4) is 0 Å². The van der Waals surface area contributed by atoms with Crippen LogP contribution in [0.2, 0.25) is 0 Å². The van der Waals surface area contributed by atoms with Gasteiger partial charge >= 0.3 is 0 Å². The molecule has 2 heterocycles. The highest BCUT2D eigenvalue weighted by molar-refractivity contribution is 5.04. The van der Waals surface area contributed by atoms with Crippen molar-refractivity contribution in [1.82, 2.24) is 15.1 Å². The summed E-state index contributed by atoms with van der Waals surface area (Å²) in [5, 5.41) is 12.6. The monoisotopic (exact) mass is 264 g/mol. The molecule has 4 nitrogen and oxygen atoms in total. The zero-order chi connectivity index (χ0) is 13.7. The molecule has 4 heteroatoms. The van der Waals surface area contributed by atoms with E-state index >= 15 is 0 Å². The summed E-state index contributed by atoms with van der Waals surface area (Å²) < 4.78 is 0. The molecule has 0 aliphatic carbocycles. The Labute approximate surface area is 117 Å². The number of hydrogen-bond donors (Lipinski definition) is 1. The molecule has 2 unspecified atom stereocenters. The number of likely N-dealkylation sites (tertiary alicyclic amines) is 2. The molecule has 0 amide bonds. The Kier molecular flexibility index (Phi) is 5.20. The minimum atomic E-state index is -0.361. The molecule has 2 rings (SSSR count). The second-order valence-corrected chi connectivity index (χ2v) is 6.21. The lowest BCUT2D eigenvalue weighted by molar-refractivity contribution is 0.225. The summed E-state index contributed by atoms with van der Waals surface area (Å²) in [6.07, 6.45) is 4.99. The normalized spacial score (nSPS) is 28.4. The summed E-state index contributed by atoms with van der Waals surface area (Å²) in [4.78, 5) is 5.20. The fraction of sp³-hybridized carbons (Fsp3) is 0.933. The van der Waals surface area contributed by atoms with Crippen molar-refractivity contribution in [3.05, 3.63) is 0 Å². The molecule has 0 aromatic rings. The summed E-state index contributed by atoms with van der Waals surface area (Å²) in [5.74, 6) is 0. The average Bonchev–Trinajstić information content (AvgIpc) is 3.07. The first-order valence-corrected chi connectivity index (χ1v) is 7.79. The molecule has 108 valence electrons. The molecule has 19 heavy (non-hydrogen) atoms. The fourth-order valence-electron chi connectivity index (χ4n) is 3.38. The molecule has 2 aliphatic rings. The van der Waals surface area contributed by atoms with E-state index in [0.29, 0.717) is 0 Å². The van der Waals surface area contributed by atoms with Gasteiger partial charge in [-0.15, -0.1) is 0 Å². The van der Waals surface area contributed by atoms with Gasteiger partial charge in [-0.25, -0.2) is 0 Å². The van der Waals surface area contributed by atoms with Crippen molar-refractivity contribution in [2.45, 2.75) is 51.1 Å². The first-order valence-electron chi connectivity index (χ1n) is 7.79. The number of nitrogens with zero attached hydrogens (tertiary/aromatic N) is 3. The van der Waals surface area contributed by atoms with Crippen LogP contribution in [-0.2, 0) is 0 Å².